The van der Waals surface area contributed by atoms with E-state index >= 15 is 0 Å². The number of carbonyl (C=O) groups excluding carboxylic acids is 1. The maximum atomic E-state index is 12.0. The van der Waals surface area contributed by atoms with Crippen molar-refractivity contribution in [3.8, 4) is 11.6 Å². The van der Waals surface area contributed by atoms with Gasteiger partial charge in [-0.3, -0.25) is 14.8 Å². The van der Waals surface area contributed by atoms with E-state index in [0.29, 0.717) is 23.0 Å². The highest BCUT2D eigenvalue weighted by Crippen LogP contribution is 2.22. The van der Waals surface area contributed by atoms with Gasteiger partial charge in [-0.15, -0.1) is 16.9 Å². The van der Waals surface area contributed by atoms with Crippen molar-refractivity contribution in [3.63, 3.8) is 0 Å². The topological polar surface area (TPSA) is 85.8 Å². The van der Waals surface area contributed by atoms with E-state index in [0.717, 1.165) is 22.8 Å². The summed E-state index contributed by atoms with van der Waals surface area (Å²) in [5.41, 5.74) is 1.55. The number of aromatic nitrogens is 4. The Bertz CT molecular complexity index is 891. The van der Waals surface area contributed by atoms with E-state index in [1.165, 1.54) is 0 Å². The minimum atomic E-state index is -0.155. The zero-order valence-electron chi connectivity index (χ0n) is 14.4. The number of rotatable bonds is 7. The maximum Gasteiger partial charge on any atom is 0.322 e. The van der Waals surface area contributed by atoms with Gasteiger partial charge in [-0.05, 0) is 49.4 Å². The molecule has 2 heterocycles. The zero-order chi connectivity index (χ0) is 18.5. The van der Waals surface area contributed by atoms with E-state index in [1.54, 1.807) is 23.5 Å². The van der Waals surface area contributed by atoms with E-state index in [9.17, 15) is 4.79 Å². The first kappa shape index (κ1) is 18.5. The first-order chi connectivity index (χ1) is 12.5. The van der Waals surface area contributed by atoms with Gasteiger partial charge < -0.3 is 4.42 Å². The second-order valence-electron chi connectivity index (χ2n) is 5.66. The van der Waals surface area contributed by atoms with Crippen molar-refractivity contribution in [3.05, 3.63) is 41.0 Å². The molecule has 26 heavy (non-hydrogen) atoms. The average Bonchev–Trinajstić information content (AvgIpc) is 3.19. The number of hydrogen-bond donors (Lipinski definition) is 1. The lowest BCUT2D eigenvalue weighted by atomic mass is 10.3. The highest BCUT2D eigenvalue weighted by Gasteiger charge is 2.14. The number of anilines is 1. The van der Waals surface area contributed by atoms with Crippen LogP contribution in [-0.4, -0.2) is 31.6 Å². The molecule has 0 atom stereocenters. The lowest BCUT2D eigenvalue weighted by molar-refractivity contribution is -0.116. The fourth-order valence-electron chi connectivity index (χ4n) is 2.32. The predicted octanol–water partition coefficient (Wildman–Crippen LogP) is 3.94. The summed E-state index contributed by atoms with van der Waals surface area (Å²) in [5.74, 6) is 0.998. The molecule has 3 rings (SSSR count). The molecule has 0 bridgehead atoms. The van der Waals surface area contributed by atoms with Crippen molar-refractivity contribution in [2.75, 3.05) is 11.1 Å². The van der Waals surface area contributed by atoms with E-state index in [4.69, 9.17) is 16.0 Å². The second kappa shape index (κ2) is 8.37. The number of benzene rings is 1. The van der Waals surface area contributed by atoms with Gasteiger partial charge in [0.05, 0.1) is 5.69 Å². The van der Waals surface area contributed by atoms with Crippen molar-refractivity contribution in [1.82, 2.24) is 20.0 Å². The molecule has 1 amide bonds. The largest absolute Gasteiger partial charge is 0.401 e. The highest BCUT2D eigenvalue weighted by atomic mass is 35.5. The Labute approximate surface area is 160 Å². The molecule has 9 heteroatoms. The van der Waals surface area contributed by atoms with Crippen LogP contribution in [0.4, 0.5) is 6.01 Å². The molecule has 0 spiro atoms. The van der Waals surface area contributed by atoms with Crippen molar-refractivity contribution >= 4 is 35.3 Å². The van der Waals surface area contributed by atoms with Crippen LogP contribution in [0.25, 0.3) is 11.6 Å². The smallest absolute Gasteiger partial charge is 0.322 e. The van der Waals surface area contributed by atoms with Gasteiger partial charge in [0.1, 0.15) is 5.69 Å². The van der Waals surface area contributed by atoms with Crippen LogP contribution in [0.2, 0.25) is 5.02 Å². The lowest BCUT2D eigenvalue weighted by Gasteiger charge is -2.02. The molecule has 0 fully saturated rings. The molecular weight excluding hydrogens is 374 g/mol. The summed E-state index contributed by atoms with van der Waals surface area (Å²) in [5, 5.41) is 15.4. The predicted molar refractivity (Wildman–Crippen MR) is 101 cm³/mol. The molecule has 0 aliphatic rings. The van der Waals surface area contributed by atoms with Gasteiger partial charge in [0.2, 0.25) is 5.91 Å². The van der Waals surface area contributed by atoms with Gasteiger partial charge in [0, 0.05) is 23.4 Å². The van der Waals surface area contributed by atoms with E-state index in [2.05, 4.69) is 20.6 Å². The molecular formula is C17H18ClN5O2S. The summed E-state index contributed by atoms with van der Waals surface area (Å²) < 4.78 is 7.14. The Balaban J connectivity index is 1.45. The number of nitrogens with zero attached hydrogens (tertiary/aromatic N) is 4. The van der Waals surface area contributed by atoms with Gasteiger partial charge in [-0.2, -0.15) is 5.10 Å². The molecule has 1 aromatic carbocycles. The van der Waals surface area contributed by atoms with Crippen LogP contribution in [0.3, 0.4) is 0 Å². The fraction of sp³-hybridized carbons (Fsp3) is 0.294. The molecule has 0 unspecified atom stereocenters. The molecule has 7 nitrogen and oxygen atoms in total. The molecule has 2 aromatic heterocycles. The standard InChI is InChI=1S/C17H18ClN5O2S/c1-11-10-14(23(2)22-11)16-20-21-17(25-16)19-15(24)4-3-9-26-13-7-5-12(18)6-8-13/h5-8,10H,3-4,9H2,1-2H3,(H,19,21,24). The van der Waals surface area contributed by atoms with E-state index in [-0.39, 0.29) is 11.9 Å². The summed E-state index contributed by atoms with van der Waals surface area (Å²) in [7, 11) is 1.79. The fourth-order valence-corrected chi connectivity index (χ4v) is 3.30. The van der Waals surface area contributed by atoms with Crippen LogP contribution >= 0.6 is 23.4 Å². The molecule has 0 aliphatic heterocycles. The van der Waals surface area contributed by atoms with Gasteiger partial charge in [-0.25, -0.2) is 0 Å². The summed E-state index contributed by atoms with van der Waals surface area (Å²) in [6.45, 7) is 1.88. The van der Waals surface area contributed by atoms with Crippen LogP contribution in [0.15, 0.2) is 39.6 Å². The SMILES string of the molecule is Cc1cc(-c2nnc(NC(=O)CCCSc3ccc(Cl)cc3)o2)n(C)n1. The summed E-state index contributed by atoms with van der Waals surface area (Å²) >= 11 is 7.54. The third-order valence-electron chi connectivity index (χ3n) is 3.52. The Morgan fingerprint density at radius 2 is 2.08 bits per heavy atom. The van der Waals surface area contributed by atoms with E-state index in [1.807, 2.05) is 37.3 Å². The summed E-state index contributed by atoms with van der Waals surface area (Å²) in [6.07, 6.45) is 1.12. The average molecular weight is 392 g/mol. The zero-order valence-corrected chi connectivity index (χ0v) is 16.0. The first-order valence-corrected chi connectivity index (χ1v) is 9.40. The van der Waals surface area contributed by atoms with Crippen LogP contribution in [0.1, 0.15) is 18.5 Å². The van der Waals surface area contributed by atoms with Crippen LogP contribution < -0.4 is 5.32 Å². The van der Waals surface area contributed by atoms with Crippen LogP contribution in [0.5, 0.6) is 0 Å². The van der Waals surface area contributed by atoms with Gasteiger partial charge in [0.25, 0.3) is 5.89 Å². The maximum absolute atomic E-state index is 12.0. The highest BCUT2D eigenvalue weighted by molar-refractivity contribution is 7.99. The van der Waals surface area contributed by atoms with Crippen molar-refractivity contribution in [1.29, 1.82) is 0 Å². The van der Waals surface area contributed by atoms with Crippen LogP contribution in [0, 0.1) is 6.92 Å². The molecule has 3 aromatic rings. The van der Waals surface area contributed by atoms with E-state index < -0.39 is 0 Å². The van der Waals surface area contributed by atoms with Crippen molar-refractivity contribution in [2.45, 2.75) is 24.7 Å². The summed E-state index contributed by atoms with van der Waals surface area (Å²) in [6, 6.07) is 9.57. The third-order valence-corrected chi connectivity index (χ3v) is 4.87. The minimum absolute atomic E-state index is 0.0919. The van der Waals surface area contributed by atoms with Gasteiger partial charge >= 0.3 is 6.01 Å². The molecule has 0 saturated carbocycles. The number of thioether (sulfide) groups is 1. The van der Waals surface area contributed by atoms with Crippen molar-refractivity contribution in [2.24, 2.45) is 7.05 Å². The Kier molecular flexibility index (Phi) is 5.95. The number of aryl methyl sites for hydroxylation is 2. The monoisotopic (exact) mass is 391 g/mol. The van der Waals surface area contributed by atoms with Gasteiger partial charge in [0.15, 0.2) is 0 Å². The van der Waals surface area contributed by atoms with Crippen molar-refractivity contribution < 1.29 is 9.21 Å². The molecule has 0 saturated heterocycles. The quantitative estimate of drug-likeness (QED) is 0.485. The number of halogens is 1. The lowest BCUT2D eigenvalue weighted by Crippen LogP contribution is -2.11. The summed E-state index contributed by atoms with van der Waals surface area (Å²) in [4.78, 5) is 13.1. The normalized spacial score (nSPS) is 10.9. The Hall–Kier alpha value is -2.32. The Morgan fingerprint density at radius 1 is 1.31 bits per heavy atom. The number of hydrogen-bond acceptors (Lipinski definition) is 6. The molecule has 0 aliphatic carbocycles. The second-order valence-corrected chi connectivity index (χ2v) is 7.27. The molecule has 1 N–H and O–H groups in total. The van der Waals surface area contributed by atoms with Gasteiger partial charge in [-0.1, -0.05) is 16.7 Å². The molecule has 0 radical (unpaired) electrons. The third kappa shape index (κ3) is 4.86. The Morgan fingerprint density at radius 3 is 2.77 bits per heavy atom. The van der Waals surface area contributed by atoms with Crippen LogP contribution in [-0.2, 0) is 11.8 Å². The number of amides is 1. The minimum Gasteiger partial charge on any atom is -0.401 e. The first-order valence-electron chi connectivity index (χ1n) is 8.04. The number of nitrogens with one attached hydrogen (secondary N) is 1. The number of carbonyl (C=O) groups is 1. The molecule has 136 valence electrons.